The molecule has 0 fully saturated rings. The molecule has 130 valence electrons. The summed E-state index contributed by atoms with van der Waals surface area (Å²) in [6.45, 7) is 6.06. The number of furan rings is 1. The van der Waals surface area contributed by atoms with Gasteiger partial charge in [-0.25, -0.2) is 4.79 Å². The van der Waals surface area contributed by atoms with Crippen molar-refractivity contribution in [2.24, 2.45) is 5.92 Å². The van der Waals surface area contributed by atoms with Crippen molar-refractivity contribution in [2.45, 2.75) is 39.3 Å². The molecule has 0 aliphatic heterocycles. The molecule has 24 heavy (non-hydrogen) atoms. The Balaban J connectivity index is 2.46. The Bertz CT molecular complexity index is 633. The molecule has 0 aliphatic carbocycles. The molecule has 0 aromatic carbocycles. The largest absolute Gasteiger partial charge is 0.459 e. The Morgan fingerprint density at radius 2 is 2.04 bits per heavy atom. The number of nitrogens with zero attached hydrogens (tertiary/aromatic N) is 1. The van der Waals surface area contributed by atoms with Gasteiger partial charge in [0.25, 0.3) is 11.8 Å². The maximum absolute atomic E-state index is 11.8. The zero-order chi connectivity index (χ0) is 18.3. The summed E-state index contributed by atoms with van der Waals surface area (Å²) in [5.41, 5.74) is -1.05. The molecule has 2 amide bonds. The molecule has 0 saturated heterocycles. The van der Waals surface area contributed by atoms with E-state index in [1.165, 1.54) is 19.3 Å². The van der Waals surface area contributed by atoms with Crippen molar-refractivity contribution in [3.63, 3.8) is 0 Å². The summed E-state index contributed by atoms with van der Waals surface area (Å²) in [6.07, 6.45) is 1.34. The minimum absolute atomic E-state index is 0.0640. The van der Waals surface area contributed by atoms with Crippen LogP contribution in [0.2, 0.25) is 0 Å². The predicted octanol–water partition coefficient (Wildman–Crippen LogP) is 0.996. The van der Waals surface area contributed by atoms with Crippen LogP contribution in [0.4, 0.5) is 0 Å². The number of carbonyl (C=O) groups is 3. The fourth-order valence-corrected chi connectivity index (χ4v) is 1.62. The summed E-state index contributed by atoms with van der Waals surface area (Å²) >= 11 is 0. The lowest BCUT2D eigenvalue weighted by Gasteiger charge is -2.27. The number of ether oxygens (including phenoxy) is 1. The Hall–Kier alpha value is -2.82. The van der Waals surface area contributed by atoms with Gasteiger partial charge in [0.2, 0.25) is 0 Å². The molecule has 1 aromatic heterocycles. The molecule has 1 rings (SSSR count). The summed E-state index contributed by atoms with van der Waals surface area (Å²) in [7, 11) is 0. The van der Waals surface area contributed by atoms with Gasteiger partial charge in [0.1, 0.15) is 11.6 Å². The Labute approximate surface area is 140 Å². The minimum Gasteiger partial charge on any atom is -0.459 e. The van der Waals surface area contributed by atoms with E-state index in [9.17, 15) is 14.4 Å². The van der Waals surface area contributed by atoms with Gasteiger partial charge in [-0.3, -0.25) is 9.59 Å². The van der Waals surface area contributed by atoms with Gasteiger partial charge in [-0.15, -0.1) is 0 Å². The Kier molecular flexibility index (Phi) is 6.53. The smallest absolute Gasteiger partial charge is 0.328 e. The molecular formula is C16H21N3O5. The lowest BCUT2D eigenvalue weighted by Crippen LogP contribution is -2.50. The first-order valence-corrected chi connectivity index (χ1v) is 7.43. The van der Waals surface area contributed by atoms with Crippen LogP contribution in [0.5, 0.6) is 0 Å². The Morgan fingerprint density at radius 1 is 1.38 bits per heavy atom. The highest BCUT2D eigenvalue weighted by atomic mass is 16.5. The monoisotopic (exact) mass is 335 g/mol. The number of nitrogens with one attached hydrogen (secondary N) is 2. The third-order valence-corrected chi connectivity index (χ3v) is 3.58. The molecular weight excluding hydrogens is 314 g/mol. The van der Waals surface area contributed by atoms with Gasteiger partial charge in [0.05, 0.1) is 12.3 Å². The van der Waals surface area contributed by atoms with E-state index < -0.39 is 36.0 Å². The molecule has 8 nitrogen and oxygen atoms in total. The van der Waals surface area contributed by atoms with Crippen molar-refractivity contribution in [2.75, 3.05) is 6.61 Å². The van der Waals surface area contributed by atoms with E-state index in [-0.39, 0.29) is 11.7 Å². The lowest BCUT2D eigenvalue weighted by molar-refractivity contribution is -0.150. The van der Waals surface area contributed by atoms with Gasteiger partial charge in [0, 0.05) is 0 Å². The van der Waals surface area contributed by atoms with Gasteiger partial charge in [-0.1, -0.05) is 13.8 Å². The fraction of sp³-hybridized carbons (Fsp3) is 0.500. The molecule has 0 saturated carbocycles. The molecule has 0 spiro atoms. The zero-order valence-corrected chi connectivity index (χ0v) is 14.1. The highest BCUT2D eigenvalue weighted by molar-refractivity contribution is 5.94. The number of hydrogen-bond donors (Lipinski definition) is 2. The second kappa shape index (κ2) is 8.15. The van der Waals surface area contributed by atoms with Gasteiger partial charge in [-0.2, -0.15) is 5.26 Å². The van der Waals surface area contributed by atoms with Crippen LogP contribution < -0.4 is 10.6 Å². The van der Waals surface area contributed by atoms with Gasteiger partial charge < -0.3 is 19.8 Å². The molecule has 0 unspecified atom stereocenters. The molecule has 0 radical (unpaired) electrons. The number of esters is 1. The summed E-state index contributed by atoms with van der Waals surface area (Å²) in [5, 5.41) is 14.0. The maximum atomic E-state index is 11.8. The fourth-order valence-electron chi connectivity index (χ4n) is 1.62. The van der Waals surface area contributed by atoms with Crippen molar-refractivity contribution in [1.82, 2.24) is 10.6 Å². The standard InChI is InChI=1S/C16H21N3O5/c1-10(2)16(4,9-17)19-13(20)8-24-15(22)11(3)18-14(21)12-6-5-7-23-12/h5-7,10-11H,8H2,1-4H3,(H,18,21)(H,19,20)/t11-,16-/m1/s1. The molecule has 2 atom stereocenters. The van der Waals surface area contributed by atoms with Gasteiger partial charge in [0.15, 0.2) is 12.4 Å². The van der Waals surface area contributed by atoms with Crippen molar-refractivity contribution in [1.29, 1.82) is 5.26 Å². The van der Waals surface area contributed by atoms with E-state index >= 15 is 0 Å². The first kappa shape index (κ1) is 19.2. The average molecular weight is 335 g/mol. The van der Waals surface area contributed by atoms with Crippen molar-refractivity contribution in [3.05, 3.63) is 24.2 Å². The van der Waals surface area contributed by atoms with Crippen LogP contribution in [0.3, 0.4) is 0 Å². The molecule has 1 heterocycles. The Morgan fingerprint density at radius 3 is 2.54 bits per heavy atom. The number of nitriles is 1. The van der Waals surface area contributed by atoms with Gasteiger partial charge >= 0.3 is 5.97 Å². The summed E-state index contributed by atoms with van der Waals surface area (Å²) < 4.78 is 9.75. The average Bonchev–Trinajstić information content (AvgIpc) is 3.06. The molecule has 8 heteroatoms. The minimum atomic E-state index is -1.05. The topological polar surface area (TPSA) is 121 Å². The van der Waals surface area contributed by atoms with Crippen LogP contribution in [0.25, 0.3) is 0 Å². The van der Waals surface area contributed by atoms with Gasteiger partial charge in [-0.05, 0) is 31.9 Å². The van der Waals surface area contributed by atoms with Crippen LogP contribution in [-0.2, 0) is 14.3 Å². The van der Waals surface area contributed by atoms with E-state index in [2.05, 4.69) is 10.6 Å². The first-order valence-electron chi connectivity index (χ1n) is 7.43. The van der Waals surface area contributed by atoms with Crippen LogP contribution in [0.15, 0.2) is 22.8 Å². The molecule has 0 bridgehead atoms. The zero-order valence-electron chi connectivity index (χ0n) is 14.1. The lowest BCUT2D eigenvalue weighted by atomic mass is 9.90. The summed E-state index contributed by atoms with van der Waals surface area (Å²) in [6, 6.07) is 4.06. The summed E-state index contributed by atoms with van der Waals surface area (Å²) in [5.74, 6) is -1.98. The number of carbonyl (C=O) groups excluding carboxylic acids is 3. The van der Waals surface area contributed by atoms with Crippen molar-refractivity contribution >= 4 is 17.8 Å². The SMILES string of the molecule is CC(C)[C@@](C)(C#N)NC(=O)COC(=O)[C@@H](C)NC(=O)c1ccco1. The number of hydrogen-bond acceptors (Lipinski definition) is 6. The van der Waals surface area contributed by atoms with Crippen LogP contribution >= 0.6 is 0 Å². The van der Waals surface area contributed by atoms with E-state index in [0.717, 1.165) is 0 Å². The van der Waals surface area contributed by atoms with E-state index in [0.29, 0.717) is 0 Å². The number of rotatable bonds is 7. The molecule has 2 N–H and O–H groups in total. The summed E-state index contributed by atoms with van der Waals surface area (Å²) in [4.78, 5) is 35.4. The van der Waals surface area contributed by atoms with Crippen LogP contribution in [0.1, 0.15) is 38.2 Å². The van der Waals surface area contributed by atoms with E-state index in [1.807, 2.05) is 6.07 Å². The highest BCUT2D eigenvalue weighted by Crippen LogP contribution is 2.14. The van der Waals surface area contributed by atoms with Crippen LogP contribution in [-0.4, -0.2) is 36.0 Å². The third kappa shape index (κ3) is 5.12. The normalized spacial score (nSPS) is 14.2. The first-order chi connectivity index (χ1) is 11.2. The van der Waals surface area contributed by atoms with E-state index in [1.54, 1.807) is 26.8 Å². The van der Waals surface area contributed by atoms with Crippen molar-refractivity contribution < 1.29 is 23.5 Å². The predicted molar refractivity (Wildman–Crippen MR) is 83.6 cm³/mol. The number of amides is 2. The molecule has 1 aromatic rings. The van der Waals surface area contributed by atoms with Crippen LogP contribution in [0, 0.1) is 17.2 Å². The second-order valence-corrected chi connectivity index (χ2v) is 5.80. The quantitative estimate of drug-likeness (QED) is 0.717. The highest BCUT2D eigenvalue weighted by Gasteiger charge is 2.30. The van der Waals surface area contributed by atoms with Crippen molar-refractivity contribution in [3.8, 4) is 6.07 Å². The second-order valence-electron chi connectivity index (χ2n) is 5.80. The van der Waals surface area contributed by atoms with E-state index in [4.69, 9.17) is 14.4 Å². The third-order valence-electron chi connectivity index (χ3n) is 3.58. The molecule has 0 aliphatic rings. The maximum Gasteiger partial charge on any atom is 0.328 e.